The summed E-state index contributed by atoms with van der Waals surface area (Å²) in [5, 5.41) is 12.1. The molecule has 0 bridgehead atoms. The summed E-state index contributed by atoms with van der Waals surface area (Å²) in [4.78, 5) is 16.9. The first-order valence-corrected chi connectivity index (χ1v) is 6.96. The van der Waals surface area contributed by atoms with Crippen molar-refractivity contribution >= 4 is 0 Å². The maximum absolute atomic E-state index is 12.5. The molecule has 0 atom stereocenters. The van der Waals surface area contributed by atoms with Crippen LogP contribution >= 0.6 is 0 Å². The van der Waals surface area contributed by atoms with Crippen LogP contribution in [0.2, 0.25) is 0 Å². The summed E-state index contributed by atoms with van der Waals surface area (Å²) in [7, 11) is 0. The lowest BCUT2D eigenvalue weighted by Crippen LogP contribution is -2.34. The zero-order valence-electron chi connectivity index (χ0n) is 11.9. The van der Waals surface area contributed by atoms with Crippen LogP contribution in [0.4, 0.5) is 0 Å². The van der Waals surface area contributed by atoms with Crippen molar-refractivity contribution in [3.8, 4) is 6.07 Å². The molecular formula is C16H16N4O. The van der Waals surface area contributed by atoms with Gasteiger partial charge in [0.25, 0.3) is 5.56 Å². The van der Waals surface area contributed by atoms with E-state index < -0.39 is 0 Å². The van der Waals surface area contributed by atoms with Gasteiger partial charge in [0.15, 0.2) is 0 Å². The molecule has 5 heteroatoms. The van der Waals surface area contributed by atoms with Crippen molar-refractivity contribution in [3.63, 3.8) is 0 Å². The number of rotatable bonds is 2. The molecule has 1 aliphatic rings. The summed E-state index contributed by atoms with van der Waals surface area (Å²) in [6.45, 7) is 3.94. The highest BCUT2D eigenvalue weighted by Crippen LogP contribution is 2.12. The molecule has 3 rings (SSSR count). The summed E-state index contributed by atoms with van der Waals surface area (Å²) in [6.07, 6.45) is 2.35. The number of hydrogen-bond donors (Lipinski definition) is 1. The zero-order valence-corrected chi connectivity index (χ0v) is 11.9. The first-order chi connectivity index (χ1) is 10.2. The van der Waals surface area contributed by atoms with E-state index in [0.29, 0.717) is 18.7 Å². The van der Waals surface area contributed by atoms with Gasteiger partial charge in [-0.15, -0.1) is 0 Å². The van der Waals surface area contributed by atoms with Crippen LogP contribution < -0.4 is 10.9 Å². The first kappa shape index (κ1) is 13.5. The molecule has 0 unspecified atom stereocenters. The molecule has 1 aromatic heterocycles. The van der Waals surface area contributed by atoms with Crippen LogP contribution in [0.3, 0.4) is 0 Å². The van der Waals surface area contributed by atoms with E-state index in [9.17, 15) is 4.79 Å². The van der Waals surface area contributed by atoms with Gasteiger partial charge in [0.05, 0.1) is 30.2 Å². The van der Waals surface area contributed by atoms with Gasteiger partial charge in [-0.05, 0) is 43.1 Å². The number of nitrogens with zero attached hydrogens (tertiary/aromatic N) is 3. The molecule has 2 aromatic rings. The minimum Gasteiger partial charge on any atom is -0.311 e. The van der Waals surface area contributed by atoms with Gasteiger partial charge >= 0.3 is 0 Å². The maximum atomic E-state index is 12.5. The first-order valence-electron chi connectivity index (χ1n) is 6.96. The molecule has 0 amide bonds. The highest BCUT2D eigenvalue weighted by Gasteiger charge is 2.15. The second-order valence-corrected chi connectivity index (χ2v) is 5.28. The lowest BCUT2D eigenvalue weighted by Gasteiger charge is -2.17. The Hall–Kier alpha value is -2.45. The lowest BCUT2D eigenvalue weighted by molar-refractivity contribution is 0.596. The minimum absolute atomic E-state index is 0.0465. The van der Waals surface area contributed by atoms with E-state index in [4.69, 9.17) is 5.26 Å². The third kappa shape index (κ3) is 2.58. The Bertz CT molecular complexity index is 786. The van der Waals surface area contributed by atoms with Crippen LogP contribution in [-0.2, 0) is 19.5 Å². The number of fused-ring (bicyclic) bond motifs is 1. The van der Waals surface area contributed by atoms with Crippen LogP contribution in [0.1, 0.15) is 27.9 Å². The molecule has 106 valence electrons. The molecule has 2 heterocycles. The number of aryl methyl sites for hydroxylation is 1. The maximum Gasteiger partial charge on any atom is 0.257 e. The summed E-state index contributed by atoms with van der Waals surface area (Å²) in [5.74, 6) is 0. The van der Waals surface area contributed by atoms with E-state index in [2.05, 4.69) is 16.4 Å². The smallest absolute Gasteiger partial charge is 0.257 e. The molecule has 5 nitrogen and oxygen atoms in total. The van der Waals surface area contributed by atoms with E-state index in [1.165, 1.54) is 0 Å². The Kier molecular flexibility index (Phi) is 3.55. The minimum atomic E-state index is 0.0465. The van der Waals surface area contributed by atoms with Crippen molar-refractivity contribution in [2.24, 2.45) is 0 Å². The molecule has 0 radical (unpaired) electrons. The Labute approximate surface area is 122 Å². The monoisotopic (exact) mass is 280 g/mol. The van der Waals surface area contributed by atoms with Crippen LogP contribution in [0, 0.1) is 18.3 Å². The van der Waals surface area contributed by atoms with Crippen molar-refractivity contribution in [1.82, 2.24) is 14.9 Å². The molecular weight excluding hydrogens is 264 g/mol. The number of hydrogen-bond acceptors (Lipinski definition) is 4. The topological polar surface area (TPSA) is 70.7 Å². The second kappa shape index (κ2) is 5.51. The number of nitriles is 1. The van der Waals surface area contributed by atoms with Crippen molar-refractivity contribution < 1.29 is 0 Å². The fourth-order valence-corrected chi connectivity index (χ4v) is 2.63. The van der Waals surface area contributed by atoms with Gasteiger partial charge in [-0.1, -0.05) is 6.07 Å². The molecule has 0 spiro atoms. The second-order valence-electron chi connectivity index (χ2n) is 5.28. The highest BCUT2D eigenvalue weighted by atomic mass is 16.1. The van der Waals surface area contributed by atoms with E-state index in [0.717, 1.165) is 35.3 Å². The summed E-state index contributed by atoms with van der Waals surface area (Å²) >= 11 is 0. The Balaban J connectivity index is 1.96. The number of nitrogens with one attached hydrogen (secondary N) is 1. The molecule has 1 aromatic carbocycles. The fraction of sp³-hybridized carbons (Fsp3) is 0.312. The molecule has 1 N–H and O–H groups in total. The van der Waals surface area contributed by atoms with Crippen LogP contribution in [0.15, 0.2) is 29.3 Å². The lowest BCUT2D eigenvalue weighted by atomic mass is 10.1. The quantitative estimate of drug-likeness (QED) is 0.895. The standard InChI is InChI=1S/C16H16N4O/c1-11-6-12(7-17)2-3-13(11)9-20-10-19-15-8-18-5-4-14(15)16(20)21/h2-3,6,10,18H,4-5,8-9H2,1H3. The summed E-state index contributed by atoms with van der Waals surface area (Å²) in [6, 6.07) is 7.65. The normalized spacial score (nSPS) is 13.5. The van der Waals surface area contributed by atoms with E-state index in [-0.39, 0.29) is 5.56 Å². The number of benzene rings is 1. The predicted molar refractivity (Wildman–Crippen MR) is 78.9 cm³/mol. The predicted octanol–water partition coefficient (Wildman–Crippen LogP) is 1.12. The largest absolute Gasteiger partial charge is 0.311 e. The molecule has 1 aliphatic heterocycles. The summed E-state index contributed by atoms with van der Waals surface area (Å²) in [5.41, 5.74) is 4.41. The molecule has 0 aliphatic carbocycles. The SMILES string of the molecule is Cc1cc(C#N)ccc1Cn1cnc2c(c1=O)CCNC2. The van der Waals surface area contributed by atoms with Gasteiger partial charge in [-0.3, -0.25) is 9.36 Å². The van der Waals surface area contributed by atoms with E-state index in [1.807, 2.05) is 19.1 Å². The average Bonchev–Trinajstić information content (AvgIpc) is 2.52. The van der Waals surface area contributed by atoms with Crippen molar-refractivity contribution in [3.05, 3.63) is 62.8 Å². The van der Waals surface area contributed by atoms with Gasteiger partial charge in [0, 0.05) is 12.1 Å². The Morgan fingerprint density at radius 3 is 3.10 bits per heavy atom. The average molecular weight is 280 g/mol. The summed E-state index contributed by atoms with van der Waals surface area (Å²) < 4.78 is 1.65. The van der Waals surface area contributed by atoms with Crippen LogP contribution in [0.5, 0.6) is 0 Å². The highest BCUT2D eigenvalue weighted by molar-refractivity contribution is 5.37. The molecule has 0 fully saturated rings. The van der Waals surface area contributed by atoms with Crippen molar-refractivity contribution in [2.45, 2.75) is 26.4 Å². The third-order valence-electron chi connectivity index (χ3n) is 3.88. The third-order valence-corrected chi connectivity index (χ3v) is 3.88. The Morgan fingerprint density at radius 1 is 1.48 bits per heavy atom. The van der Waals surface area contributed by atoms with Crippen LogP contribution in [0.25, 0.3) is 0 Å². The van der Waals surface area contributed by atoms with E-state index >= 15 is 0 Å². The van der Waals surface area contributed by atoms with E-state index in [1.54, 1.807) is 17.0 Å². The van der Waals surface area contributed by atoms with Gasteiger partial charge in [-0.25, -0.2) is 4.98 Å². The van der Waals surface area contributed by atoms with Crippen molar-refractivity contribution in [2.75, 3.05) is 6.54 Å². The van der Waals surface area contributed by atoms with Crippen LogP contribution in [-0.4, -0.2) is 16.1 Å². The molecule has 0 saturated heterocycles. The van der Waals surface area contributed by atoms with Crippen molar-refractivity contribution in [1.29, 1.82) is 5.26 Å². The van der Waals surface area contributed by atoms with Gasteiger partial charge in [0.2, 0.25) is 0 Å². The Morgan fingerprint density at radius 2 is 2.33 bits per heavy atom. The molecule has 21 heavy (non-hydrogen) atoms. The fourth-order valence-electron chi connectivity index (χ4n) is 2.63. The van der Waals surface area contributed by atoms with Gasteiger partial charge < -0.3 is 5.32 Å². The molecule has 0 saturated carbocycles. The van der Waals surface area contributed by atoms with Gasteiger partial charge in [-0.2, -0.15) is 5.26 Å². The number of aromatic nitrogens is 2. The van der Waals surface area contributed by atoms with Gasteiger partial charge in [0.1, 0.15) is 0 Å². The zero-order chi connectivity index (χ0) is 14.8.